The normalized spacial score (nSPS) is 21.2. The summed E-state index contributed by atoms with van der Waals surface area (Å²) in [5, 5.41) is 0. The summed E-state index contributed by atoms with van der Waals surface area (Å²) in [6.45, 7) is 4.27. The molecular weight excluding hydrogens is 501 g/mol. The molecule has 2 aliphatic rings. The van der Waals surface area contributed by atoms with Crippen LogP contribution in [0.25, 0.3) is 0 Å². The second-order valence-corrected chi connectivity index (χ2v) is 11.2. The van der Waals surface area contributed by atoms with E-state index in [2.05, 4.69) is 20.9 Å². The van der Waals surface area contributed by atoms with E-state index < -0.39 is 17.6 Å². The Labute approximate surface area is 208 Å². The van der Waals surface area contributed by atoms with Gasteiger partial charge in [0.15, 0.2) is 0 Å². The highest BCUT2D eigenvalue weighted by Crippen LogP contribution is 2.50. The van der Waals surface area contributed by atoms with E-state index in [1.807, 2.05) is 43.0 Å². The first-order valence-electron chi connectivity index (χ1n) is 11.8. The van der Waals surface area contributed by atoms with E-state index in [0.29, 0.717) is 25.1 Å². The molecule has 6 nitrogen and oxygen atoms in total. The van der Waals surface area contributed by atoms with E-state index >= 15 is 0 Å². The number of nitrogens with two attached hydrogens (primary N) is 1. The number of carbonyl (C=O) groups is 2. The molecule has 2 aliphatic carbocycles. The lowest BCUT2D eigenvalue weighted by atomic mass is 9.76. The molecule has 0 aliphatic heterocycles. The molecule has 2 amide bonds. The van der Waals surface area contributed by atoms with Gasteiger partial charge >= 0.3 is 6.09 Å². The molecule has 8 heteroatoms. The summed E-state index contributed by atoms with van der Waals surface area (Å²) >= 11 is 3.47. The van der Waals surface area contributed by atoms with E-state index in [9.17, 15) is 14.0 Å². The molecule has 1 aromatic heterocycles. The van der Waals surface area contributed by atoms with Gasteiger partial charge in [-0.15, -0.1) is 0 Å². The van der Waals surface area contributed by atoms with Crippen molar-refractivity contribution in [2.75, 3.05) is 11.4 Å². The van der Waals surface area contributed by atoms with Crippen LogP contribution in [0.1, 0.15) is 64.0 Å². The Morgan fingerprint density at radius 3 is 2.50 bits per heavy atom. The maximum atomic E-state index is 13.8. The zero-order valence-electron chi connectivity index (χ0n) is 19.6. The highest BCUT2D eigenvalue weighted by atomic mass is 79.9. The van der Waals surface area contributed by atoms with Crippen molar-refractivity contribution >= 4 is 33.6 Å². The number of rotatable bonds is 8. The Bertz CT molecular complexity index is 1050. The number of carbonyl (C=O) groups excluding carboxylic acids is 2. The van der Waals surface area contributed by atoms with Crippen LogP contribution in [0.2, 0.25) is 0 Å². The van der Waals surface area contributed by atoms with Gasteiger partial charge in [-0.25, -0.2) is 9.78 Å². The Kier molecular flexibility index (Phi) is 6.99. The summed E-state index contributed by atoms with van der Waals surface area (Å²) in [6, 6.07) is 12.5. The van der Waals surface area contributed by atoms with Crippen LogP contribution < -0.4 is 10.6 Å². The molecule has 0 radical (unpaired) electrons. The van der Waals surface area contributed by atoms with Gasteiger partial charge in [0.2, 0.25) is 11.9 Å². The van der Waals surface area contributed by atoms with Gasteiger partial charge in [-0.1, -0.05) is 34.8 Å². The fraction of sp³-hybridized carbons (Fsp3) is 0.500. The molecule has 182 valence electrons. The number of ether oxygens (including phenoxy) is 1. The van der Waals surface area contributed by atoms with Gasteiger partial charge in [-0.05, 0) is 81.3 Å². The first-order valence-corrected chi connectivity index (χ1v) is 12.5. The van der Waals surface area contributed by atoms with E-state index in [0.717, 1.165) is 35.8 Å². The maximum absolute atomic E-state index is 13.8. The van der Waals surface area contributed by atoms with Crippen LogP contribution in [-0.2, 0) is 9.53 Å². The molecule has 1 aromatic carbocycles. The van der Waals surface area contributed by atoms with E-state index in [1.165, 1.54) is 6.07 Å². The summed E-state index contributed by atoms with van der Waals surface area (Å²) in [5.41, 5.74) is 5.84. The molecule has 2 saturated carbocycles. The fourth-order valence-electron chi connectivity index (χ4n) is 5.61. The monoisotopic (exact) mass is 531 g/mol. The molecule has 0 bridgehead atoms. The van der Waals surface area contributed by atoms with Gasteiger partial charge in [0, 0.05) is 34.2 Å². The van der Waals surface area contributed by atoms with E-state index in [-0.39, 0.29) is 23.2 Å². The van der Waals surface area contributed by atoms with Crippen LogP contribution in [0.4, 0.5) is 14.9 Å². The summed E-state index contributed by atoms with van der Waals surface area (Å²) in [5.74, 6) is -0.804. The molecule has 0 spiro atoms. The van der Waals surface area contributed by atoms with Crippen molar-refractivity contribution in [1.29, 1.82) is 0 Å². The summed E-state index contributed by atoms with van der Waals surface area (Å²) < 4.78 is 20.0. The molecule has 2 atom stereocenters. The highest BCUT2D eigenvalue weighted by Gasteiger charge is 2.49. The van der Waals surface area contributed by atoms with Gasteiger partial charge in [0.05, 0.1) is 0 Å². The van der Waals surface area contributed by atoms with Crippen LogP contribution in [0.5, 0.6) is 0 Å². The van der Waals surface area contributed by atoms with Crippen molar-refractivity contribution in [2.24, 2.45) is 17.1 Å². The van der Waals surface area contributed by atoms with Crippen LogP contribution in [0.15, 0.2) is 46.9 Å². The third-order valence-corrected chi connectivity index (χ3v) is 7.49. The van der Waals surface area contributed by atoms with Crippen molar-refractivity contribution in [1.82, 2.24) is 4.98 Å². The molecule has 2 aromatic rings. The number of primary amides is 1. The van der Waals surface area contributed by atoms with Crippen LogP contribution >= 0.6 is 15.9 Å². The number of pyridine rings is 1. The second-order valence-electron chi connectivity index (χ2n) is 10.3. The summed E-state index contributed by atoms with van der Waals surface area (Å²) in [7, 11) is 0. The lowest BCUT2D eigenvalue weighted by molar-refractivity contribution is -0.120. The van der Waals surface area contributed by atoms with Crippen LogP contribution in [0, 0.1) is 17.3 Å². The predicted octanol–water partition coefficient (Wildman–Crippen LogP) is 5.94. The highest BCUT2D eigenvalue weighted by molar-refractivity contribution is 9.10. The number of nitrogens with zero attached hydrogens (tertiary/aromatic N) is 2. The molecule has 2 fully saturated rings. The van der Waals surface area contributed by atoms with Gasteiger partial charge in [0.1, 0.15) is 5.60 Å². The van der Waals surface area contributed by atoms with Crippen molar-refractivity contribution in [3.8, 4) is 0 Å². The lowest BCUT2D eigenvalue weighted by Gasteiger charge is -2.40. The molecule has 1 heterocycles. The minimum atomic E-state index is -0.789. The second kappa shape index (κ2) is 9.64. The summed E-state index contributed by atoms with van der Waals surface area (Å²) in [6.07, 6.45) is 4.50. The third-order valence-electron chi connectivity index (χ3n) is 6.96. The summed E-state index contributed by atoms with van der Waals surface area (Å²) in [4.78, 5) is 31.2. The number of hydrogen-bond acceptors (Lipinski definition) is 4. The smallest absolute Gasteiger partial charge is 0.405 e. The van der Waals surface area contributed by atoms with Crippen molar-refractivity contribution in [2.45, 2.75) is 63.9 Å². The molecule has 2 N–H and O–H groups in total. The van der Waals surface area contributed by atoms with E-state index in [1.54, 1.807) is 12.1 Å². The first-order chi connectivity index (χ1) is 16.1. The average Bonchev–Trinajstić information content (AvgIpc) is 3.44. The topological polar surface area (TPSA) is 85.5 Å². The molecule has 4 rings (SSSR count). The fourth-order valence-corrected chi connectivity index (χ4v) is 5.87. The molecular formula is C26H31BrFN3O3. The number of anilines is 1. The Balaban J connectivity index is 1.60. The standard InChI is InChI=1S/C26H31BrFN3O3/c1-25(2,34-24(29)33)15-26(12-3-4-13-26)16-31(18-10-8-17(27)9-11-18)23(32)20-14-19(20)21-6-5-7-22(28)30-21/h5-11,19-20H,3-4,12-16H2,1-2H3,(H2,29,33)/t19-,20-/m1/s1. The van der Waals surface area contributed by atoms with Gasteiger partial charge < -0.3 is 15.4 Å². The lowest BCUT2D eigenvalue weighted by Crippen LogP contribution is -2.45. The molecule has 0 unspecified atom stereocenters. The molecule has 34 heavy (non-hydrogen) atoms. The first kappa shape index (κ1) is 24.6. The number of benzene rings is 1. The number of amides is 2. The Morgan fingerprint density at radius 1 is 1.21 bits per heavy atom. The number of hydrogen-bond donors (Lipinski definition) is 1. The quantitative estimate of drug-likeness (QED) is 0.426. The zero-order valence-corrected chi connectivity index (χ0v) is 21.2. The van der Waals surface area contributed by atoms with E-state index in [4.69, 9.17) is 10.5 Å². The molecule has 0 saturated heterocycles. The van der Waals surface area contributed by atoms with Gasteiger partial charge in [0.25, 0.3) is 0 Å². The van der Waals surface area contributed by atoms with Crippen LogP contribution in [0.3, 0.4) is 0 Å². The third kappa shape index (κ3) is 5.77. The number of aromatic nitrogens is 1. The maximum Gasteiger partial charge on any atom is 0.405 e. The van der Waals surface area contributed by atoms with Crippen LogP contribution in [-0.4, -0.2) is 29.1 Å². The SMILES string of the molecule is CC(C)(CC1(CN(C(=O)[C@@H]2C[C@H]2c2cccc(F)n2)c2ccc(Br)cc2)CCCC1)OC(N)=O. The average molecular weight is 532 g/mol. The zero-order chi connectivity index (χ0) is 24.5. The Morgan fingerprint density at radius 2 is 1.88 bits per heavy atom. The van der Waals surface area contributed by atoms with Crippen molar-refractivity contribution in [3.05, 3.63) is 58.6 Å². The van der Waals surface area contributed by atoms with Crippen molar-refractivity contribution < 1.29 is 18.7 Å². The van der Waals surface area contributed by atoms with Crippen molar-refractivity contribution in [3.63, 3.8) is 0 Å². The predicted molar refractivity (Wildman–Crippen MR) is 132 cm³/mol. The number of halogens is 2. The van der Waals surface area contributed by atoms with Gasteiger partial charge in [-0.3, -0.25) is 4.79 Å². The minimum absolute atomic E-state index is 0.0262. The Hall–Kier alpha value is -2.48. The van der Waals surface area contributed by atoms with Gasteiger partial charge in [-0.2, -0.15) is 4.39 Å². The largest absolute Gasteiger partial charge is 0.444 e. The minimum Gasteiger partial charge on any atom is -0.444 e.